The van der Waals surface area contributed by atoms with Crippen molar-refractivity contribution in [2.45, 2.75) is 23.5 Å². The van der Waals surface area contributed by atoms with Crippen molar-refractivity contribution in [1.29, 1.82) is 0 Å². The lowest BCUT2D eigenvalue weighted by Crippen LogP contribution is -2.41. The van der Waals surface area contributed by atoms with E-state index >= 15 is 0 Å². The highest BCUT2D eigenvalue weighted by molar-refractivity contribution is 7.89. The van der Waals surface area contributed by atoms with E-state index < -0.39 is 10.0 Å². The number of sulfonamides is 1. The monoisotopic (exact) mass is 471 g/mol. The number of carbonyl (C=O) groups is 1. The van der Waals surface area contributed by atoms with E-state index in [-0.39, 0.29) is 41.1 Å². The lowest BCUT2D eigenvalue weighted by Gasteiger charge is -2.19. The minimum Gasteiger partial charge on any atom is -0.382 e. The van der Waals surface area contributed by atoms with Gasteiger partial charge in [-0.15, -0.1) is 0 Å². The number of benzene rings is 1. The summed E-state index contributed by atoms with van der Waals surface area (Å²) in [5.41, 5.74) is 0. The summed E-state index contributed by atoms with van der Waals surface area (Å²) in [6.45, 7) is 0.919. The van der Waals surface area contributed by atoms with E-state index in [9.17, 15) is 13.2 Å². The van der Waals surface area contributed by atoms with E-state index in [0.717, 1.165) is 0 Å². The Bertz CT molecular complexity index is 1010. The van der Waals surface area contributed by atoms with Gasteiger partial charge in [0.1, 0.15) is 12.7 Å². The SMILES string of the molecule is COCC(COC)OCC(=O)N[C@@H]1CCN(S(=O)(=O)c2cccc3cncc(Cl)c23)C1. The van der Waals surface area contributed by atoms with Gasteiger partial charge in [0.15, 0.2) is 0 Å². The van der Waals surface area contributed by atoms with Crippen LogP contribution in [0.2, 0.25) is 5.02 Å². The third-order valence-corrected chi connectivity index (χ3v) is 7.18. The predicted molar refractivity (Wildman–Crippen MR) is 116 cm³/mol. The zero-order valence-electron chi connectivity index (χ0n) is 17.4. The summed E-state index contributed by atoms with van der Waals surface area (Å²) in [5.74, 6) is -0.319. The van der Waals surface area contributed by atoms with Gasteiger partial charge in [0.25, 0.3) is 0 Å². The van der Waals surface area contributed by atoms with Crippen LogP contribution in [0.3, 0.4) is 0 Å². The van der Waals surface area contributed by atoms with E-state index in [1.54, 1.807) is 32.5 Å². The van der Waals surface area contributed by atoms with Crippen LogP contribution in [0, 0.1) is 0 Å². The van der Waals surface area contributed by atoms with E-state index in [1.165, 1.54) is 16.6 Å². The molecule has 0 bridgehead atoms. The van der Waals surface area contributed by atoms with Crippen LogP contribution in [0.1, 0.15) is 6.42 Å². The van der Waals surface area contributed by atoms with E-state index in [2.05, 4.69) is 10.3 Å². The van der Waals surface area contributed by atoms with E-state index in [1.807, 2.05) is 0 Å². The Morgan fingerprint density at radius 3 is 2.74 bits per heavy atom. The molecule has 1 aliphatic rings. The van der Waals surface area contributed by atoms with Gasteiger partial charge in [-0.1, -0.05) is 23.7 Å². The molecule has 0 aliphatic carbocycles. The number of hydrogen-bond acceptors (Lipinski definition) is 7. The Labute approximate surface area is 186 Å². The normalized spacial score (nSPS) is 17.5. The highest BCUT2D eigenvalue weighted by Gasteiger charge is 2.34. The molecule has 0 unspecified atom stereocenters. The number of rotatable bonds is 10. The summed E-state index contributed by atoms with van der Waals surface area (Å²) < 4.78 is 43.5. The number of aromatic nitrogens is 1. The molecule has 2 aromatic rings. The second kappa shape index (κ2) is 10.7. The summed E-state index contributed by atoms with van der Waals surface area (Å²) in [5, 5.41) is 4.21. The van der Waals surface area contributed by atoms with Crippen LogP contribution in [0.15, 0.2) is 35.5 Å². The number of pyridine rings is 1. The highest BCUT2D eigenvalue weighted by atomic mass is 35.5. The smallest absolute Gasteiger partial charge is 0.246 e. The van der Waals surface area contributed by atoms with Crippen LogP contribution >= 0.6 is 11.6 Å². The van der Waals surface area contributed by atoms with Gasteiger partial charge >= 0.3 is 0 Å². The molecule has 1 aliphatic heterocycles. The van der Waals surface area contributed by atoms with Crippen LogP contribution in [-0.2, 0) is 29.0 Å². The molecule has 170 valence electrons. The highest BCUT2D eigenvalue weighted by Crippen LogP contribution is 2.32. The number of ether oxygens (including phenoxy) is 3. The van der Waals surface area contributed by atoms with Crippen molar-refractivity contribution >= 4 is 38.3 Å². The summed E-state index contributed by atoms with van der Waals surface area (Å²) in [4.78, 5) is 16.4. The Hall–Kier alpha value is -1.82. The molecule has 11 heteroatoms. The Morgan fingerprint density at radius 2 is 2.03 bits per heavy atom. The first-order chi connectivity index (χ1) is 14.9. The number of fused-ring (bicyclic) bond motifs is 1. The number of methoxy groups -OCH3 is 2. The van der Waals surface area contributed by atoms with Crippen LogP contribution < -0.4 is 5.32 Å². The maximum atomic E-state index is 13.3. The molecule has 0 spiro atoms. The number of nitrogens with zero attached hydrogens (tertiary/aromatic N) is 2. The fraction of sp³-hybridized carbons (Fsp3) is 0.500. The Balaban J connectivity index is 1.64. The molecule has 3 rings (SSSR count). The van der Waals surface area contributed by atoms with Crippen molar-refractivity contribution in [2.75, 3.05) is 47.1 Å². The molecule has 1 aromatic heterocycles. The van der Waals surface area contributed by atoms with Crippen molar-refractivity contribution in [3.8, 4) is 0 Å². The molecule has 31 heavy (non-hydrogen) atoms. The van der Waals surface area contributed by atoms with E-state index in [0.29, 0.717) is 37.0 Å². The number of nitrogens with one attached hydrogen (secondary N) is 1. The summed E-state index contributed by atoms with van der Waals surface area (Å²) in [6.07, 6.45) is 3.15. The fourth-order valence-electron chi connectivity index (χ4n) is 3.56. The summed E-state index contributed by atoms with van der Waals surface area (Å²) in [6, 6.07) is 4.66. The first-order valence-corrected chi connectivity index (χ1v) is 11.6. The van der Waals surface area contributed by atoms with Crippen LogP contribution in [-0.4, -0.2) is 82.9 Å². The second-order valence-electron chi connectivity index (χ2n) is 7.24. The first kappa shape index (κ1) is 23.8. The Morgan fingerprint density at radius 1 is 1.29 bits per heavy atom. The predicted octanol–water partition coefficient (Wildman–Crippen LogP) is 1.45. The quantitative estimate of drug-likeness (QED) is 0.558. The van der Waals surface area contributed by atoms with Gasteiger partial charge in [-0.2, -0.15) is 4.31 Å². The van der Waals surface area contributed by atoms with Crippen LogP contribution in [0.4, 0.5) is 0 Å². The molecule has 1 fully saturated rings. The number of amides is 1. The van der Waals surface area contributed by atoms with Crippen molar-refractivity contribution in [3.05, 3.63) is 35.6 Å². The molecular weight excluding hydrogens is 446 g/mol. The zero-order valence-corrected chi connectivity index (χ0v) is 19.0. The van der Waals surface area contributed by atoms with E-state index in [4.69, 9.17) is 25.8 Å². The average molecular weight is 472 g/mol. The Kier molecular flexibility index (Phi) is 8.20. The molecule has 1 amide bonds. The van der Waals surface area contributed by atoms with Crippen LogP contribution in [0.5, 0.6) is 0 Å². The summed E-state index contributed by atoms with van der Waals surface area (Å²) in [7, 11) is -0.710. The molecule has 1 saturated heterocycles. The molecular formula is C20H26ClN3O6S. The lowest BCUT2D eigenvalue weighted by atomic mass is 10.2. The third kappa shape index (κ3) is 5.71. The largest absolute Gasteiger partial charge is 0.382 e. The molecule has 2 heterocycles. The number of halogens is 1. The third-order valence-electron chi connectivity index (χ3n) is 4.99. The molecule has 0 radical (unpaired) electrons. The molecule has 1 atom stereocenters. The average Bonchev–Trinajstić information content (AvgIpc) is 3.21. The first-order valence-electron chi connectivity index (χ1n) is 9.78. The molecule has 9 nitrogen and oxygen atoms in total. The zero-order chi connectivity index (χ0) is 22.4. The van der Waals surface area contributed by atoms with Crippen LogP contribution in [0.25, 0.3) is 10.8 Å². The molecule has 1 aromatic carbocycles. The number of carbonyl (C=O) groups excluding carboxylic acids is 1. The van der Waals surface area contributed by atoms with Gasteiger partial charge in [-0.25, -0.2) is 8.42 Å². The van der Waals surface area contributed by atoms with Gasteiger partial charge in [0.2, 0.25) is 15.9 Å². The summed E-state index contributed by atoms with van der Waals surface area (Å²) >= 11 is 6.24. The fourth-order valence-corrected chi connectivity index (χ4v) is 5.62. The van der Waals surface area contributed by atoms with Gasteiger partial charge in [0.05, 0.1) is 23.1 Å². The van der Waals surface area contributed by atoms with Gasteiger partial charge < -0.3 is 19.5 Å². The van der Waals surface area contributed by atoms with Gasteiger partial charge in [-0.3, -0.25) is 9.78 Å². The van der Waals surface area contributed by atoms with Crippen molar-refractivity contribution in [1.82, 2.24) is 14.6 Å². The lowest BCUT2D eigenvalue weighted by molar-refractivity contribution is -0.131. The minimum absolute atomic E-state index is 0.134. The maximum absolute atomic E-state index is 13.3. The standard InChI is InChI=1S/C20H26ClN3O6S/c1-28-11-16(12-29-2)30-13-19(25)23-15-6-7-24(10-15)31(26,27)18-5-3-4-14-8-22-9-17(21)20(14)18/h3-5,8-9,15-16H,6-7,10-13H2,1-2H3,(H,23,25)/t15-/m1/s1. The molecule has 0 saturated carbocycles. The van der Waals surface area contributed by atoms with Gasteiger partial charge in [-0.05, 0) is 12.5 Å². The topological polar surface area (TPSA) is 107 Å². The number of hydrogen-bond donors (Lipinski definition) is 1. The van der Waals surface area contributed by atoms with Crippen molar-refractivity contribution < 1.29 is 27.4 Å². The van der Waals surface area contributed by atoms with Crippen molar-refractivity contribution in [2.24, 2.45) is 0 Å². The van der Waals surface area contributed by atoms with Crippen molar-refractivity contribution in [3.63, 3.8) is 0 Å². The maximum Gasteiger partial charge on any atom is 0.246 e. The van der Waals surface area contributed by atoms with Gasteiger partial charge in [0, 0.05) is 56.5 Å². The second-order valence-corrected chi connectivity index (χ2v) is 9.55. The minimum atomic E-state index is -3.79. The molecule has 1 N–H and O–H groups in total.